The molecule has 0 radical (unpaired) electrons. The predicted molar refractivity (Wildman–Crippen MR) is 58.6 cm³/mol. The van der Waals surface area contributed by atoms with E-state index in [9.17, 15) is 5.11 Å². The normalized spacial score (nSPS) is 10.2. The third-order valence-corrected chi connectivity index (χ3v) is 1.81. The van der Waals surface area contributed by atoms with Gasteiger partial charge in [0.05, 0.1) is 0 Å². The van der Waals surface area contributed by atoms with Crippen LogP contribution in [0.2, 0.25) is 5.15 Å². The number of nitrogens with zero attached hydrogens (tertiary/aromatic N) is 4. The zero-order chi connectivity index (χ0) is 11.1. The smallest absolute Gasteiger partial charge is 0.141 e. The van der Waals surface area contributed by atoms with Crippen LogP contribution in [0.15, 0.2) is 23.3 Å². The first-order valence-corrected chi connectivity index (χ1v) is 4.64. The van der Waals surface area contributed by atoms with Gasteiger partial charge in [-0.25, -0.2) is 4.98 Å². The highest BCUT2D eigenvalue weighted by Crippen LogP contribution is 2.18. The minimum Gasteiger partial charge on any atom is -0.506 e. The molecular formula is C9H9ClN4O. The SMILES string of the molecule is [N-]=[N+]=NCCC=Cc1nc(Cl)ccc1O. The number of aromatic nitrogens is 1. The van der Waals surface area contributed by atoms with E-state index in [0.29, 0.717) is 23.8 Å². The summed E-state index contributed by atoms with van der Waals surface area (Å²) in [5.41, 5.74) is 8.43. The Morgan fingerprint density at radius 1 is 1.60 bits per heavy atom. The second-order valence-electron chi connectivity index (χ2n) is 2.68. The lowest BCUT2D eigenvalue weighted by molar-refractivity contribution is 0.471. The van der Waals surface area contributed by atoms with Gasteiger partial charge in [-0.05, 0) is 30.2 Å². The van der Waals surface area contributed by atoms with E-state index in [1.807, 2.05) is 0 Å². The van der Waals surface area contributed by atoms with Crippen molar-refractivity contribution in [1.29, 1.82) is 0 Å². The van der Waals surface area contributed by atoms with Crippen LogP contribution in [0.25, 0.3) is 16.5 Å². The summed E-state index contributed by atoms with van der Waals surface area (Å²) in [6.45, 7) is 0.383. The molecule has 0 aliphatic carbocycles. The van der Waals surface area contributed by atoms with Gasteiger partial charge in [0.2, 0.25) is 0 Å². The van der Waals surface area contributed by atoms with Gasteiger partial charge in [0.15, 0.2) is 0 Å². The molecule has 0 unspecified atom stereocenters. The van der Waals surface area contributed by atoms with E-state index < -0.39 is 0 Å². The van der Waals surface area contributed by atoms with Crippen LogP contribution in [0.3, 0.4) is 0 Å². The van der Waals surface area contributed by atoms with Crippen molar-refractivity contribution in [3.63, 3.8) is 0 Å². The van der Waals surface area contributed by atoms with E-state index in [0.717, 1.165) is 0 Å². The van der Waals surface area contributed by atoms with Crippen LogP contribution in [0.1, 0.15) is 12.1 Å². The standard InChI is InChI=1S/C9H9ClN4O/c10-9-5-4-8(15)7(13-9)3-1-2-6-12-14-11/h1,3-5,15H,2,6H2. The monoisotopic (exact) mass is 224 g/mol. The Bertz CT molecular complexity index is 413. The topological polar surface area (TPSA) is 81.9 Å². The number of hydrogen-bond acceptors (Lipinski definition) is 3. The van der Waals surface area contributed by atoms with Gasteiger partial charge in [-0.15, -0.1) is 0 Å². The zero-order valence-electron chi connectivity index (χ0n) is 7.84. The van der Waals surface area contributed by atoms with Crippen molar-refractivity contribution in [1.82, 2.24) is 4.98 Å². The van der Waals surface area contributed by atoms with E-state index in [-0.39, 0.29) is 5.75 Å². The summed E-state index contributed by atoms with van der Waals surface area (Å²) in [5, 5.41) is 13.1. The highest BCUT2D eigenvalue weighted by Gasteiger charge is 1.98. The van der Waals surface area contributed by atoms with Crippen molar-refractivity contribution < 1.29 is 5.11 Å². The maximum absolute atomic E-state index is 9.38. The van der Waals surface area contributed by atoms with Crippen molar-refractivity contribution in [2.24, 2.45) is 5.11 Å². The van der Waals surface area contributed by atoms with E-state index in [1.54, 1.807) is 12.2 Å². The molecule has 0 atom stereocenters. The fraction of sp³-hybridized carbons (Fsp3) is 0.222. The molecule has 1 N–H and O–H groups in total. The van der Waals surface area contributed by atoms with Crippen LogP contribution in [-0.4, -0.2) is 16.6 Å². The van der Waals surface area contributed by atoms with Gasteiger partial charge in [0.25, 0.3) is 0 Å². The van der Waals surface area contributed by atoms with Crippen molar-refractivity contribution in [3.05, 3.63) is 39.5 Å². The average Bonchev–Trinajstić information content (AvgIpc) is 2.23. The molecule has 0 aromatic carbocycles. The van der Waals surface area contributed by atoms with Crippen LogP contribution < -0.4 is 0 Å². The van der Waals surface area contributed by atoms with Gasteiger partial charge >= 0.3 is 0 Å². The molecule has 1 aromatic heterocycles. The maximum atomic E-state index is 9.38. The fourth-order valence-electron chi connectivity index (χ4n) is 0.937. The lowest BCUT2D eigenvalue weighted by Gasteiger charge is -1.97. The Balaban J connectivity index is 2.63. The molecule has 5 nitrogen and oxygen atoms in total. The highest BCUT2D eigenvalue weighted by atomic mass is 35.5. The number of azide groups is 1. The minimum atomic E-state index is 0.0689. The molecule has 0 saturated heterocycles. The molecule has 0 aliphatic heterocycles. The van der Waals surface area contributed by atoms with E-state index in [2.05, 4.69) is 15.0 Å². The van der Waals surface area contributed by atoms with Gasteiger partial charge < -0.3 is 5.11 Å². The van der Waals surface area contributed by atoms with Gasteiger partial charge in [-0.1, -0.05) is 22.8 Å². The number of aromatic hydroxyl groups is 1. The van der Waals surface area contributed by atoms with Crippen LogP contribution in [0, 0.1) is 0 Å². The van der Waals surface area contributed by atoms with Crippen molar-refractivity contribution in [2.75, 3.05) is 6.54 Å². The summed E-state index contributed by atoms with van der Waals surface area (Å²) in [4.78, 5) is 6.53. The number of hydrogen-bond donors (Lipinski definition) is 1. The summed E-state index contributed by atoms with van der Waals surface area (Å²) in [7, 11) is 0. The number of pyridine rings is 1. The Morgan fingerprint density at radius 3 is 3.13 bits per heavy atom. The summed E-state index contributed by atoms with van der Waals surface area (Å²) in [6, 6.07) is 2.98. The Kier molecular flexibility index (Phi) is 4.47. The van der Waals surface area contributed by atoms with Gasteiger partial charge in [0, 0.05) is 11.5 Å². The molecule has 0 fully saturated rings. The molecule has 78 valence electrons. The Hall–Kier alpha value is -1.71. The molecule has 0 amide bonds. The van der Waals surface area contributed by atoms with Crippen LogP contribution >= 0.6 is 11.6 Å². The molecular weight excluding hydrogens is 216 g/mol. The minimum absolute atomic E-state index is 0.0689. The van der Waals surface area contributed by atoms with Crippen molar-refractivity contribution in [3.8, 4) is 5.75 Å². The van der Waals surface area contributed by atoms with Gasteiger partial charge in [-0.3, -0.25) is 0 Å². The maximum Gasteiger partial charge on any atom is 0.141 e. The first-order valence-electron chi connectivity index (χ1n) is 4.27. The lowest BCUT2D eigenvalue weighted by atomic mass is 10.3. The predicted octanol–water partition coefficient (Wildman–Crippen LogP) is 3.15. The fourth-order valence-corrected chi connectivity index (χ4v) is 1.09. The van der Waals surface area contributed by atoms with Crippen LogP contribution in [0.5, 0.6) is 5.75 Å². The summed E-state index contributed by atoms with van der Waals surface area (Å²) in [5.74, 6) is 0.0689. The molecule has 15 heavy (non-hydrogen) atoms. The van der Waals surface area contributed by atoms with E-state index in [4.69, 9.17) is 17.1 Å². The molecule has 6 heteroatoms. The Labute approximate surface area is 91.7 Å². The first kappa shape index (κ1) is 11.4. The molecule has 1 aromatic rings. The van der Waals surface area contributed by atoms with Crippen LogP contribution in [0.4, 0.5) is 0 Å². The van der Waals surface area contributed by atoms with E-state index >= 15 is 0 Å². The number of halogens is 1. The second-order valence-corrected chi connectivity index (χ2v) is 3.07. The van der Waals surface area contributed by atoms with Gasteiger partial charge in [-0.2, -0.15) is 0 Å². The van der Waals surface area contributed by atoms with Crippen molar-refractivity contribution >= 4 is 17.7 Å². The molecule has 0 bridgehead atoms. The van der Waals surface area contributed by atoms with Crippen LogP contribution in [-0.2, 0) is 0 Å². The molecule has 0 spiro atoms. The summed E-state index contributed by atoms with van der Waals surface area (Å²) in [6.07, 6.45) is 3.98. The van der Waals surface area contributed by atoms with Gasteiger partial charge in [0.1, 0.15) is 16.6 Å². The largest absolute Gasteiger partial charge is 0.506 e. The summed E-state index contributed by atoms with van der Waals surface area (Å²) < 4.78 is 0. The zero-order valence-corrected chi connectivity index (χ0v) is 8.59. The summed E-state index contributed by atoms with van der Waals surface area (Å²) >= 11 is 5.66. The van der Waals surface area contributed by atoms with E-state index in [1.165, 1.54) is 12.1 Å². The number of rotatable bonds is 4. The van der Waals surface area contributed by atoms with Crippen molar-refractivity contribution in [2.45, 2.75) is 6.42 Å². The molecule has 0 saturated carbocycles. The quantitative estimate of drug-likeness (QED) is 0.280. The molecule has 0 aliphatic rings. The molecule has 1 heterocycles. The molecule has 1 rings (SSSR count). The second kappa shape index (κ2) is 5.90. The highest BCUT2D eigenvalue weighted by molar-refractivity contribution is 6.29. The average molecular weight is 225 g/mol. The third kappa shape index (κ3) is 3.89. The lowest BCUT2D eigenvalue weighted by Crippen LogP contribution is -1.82. The Morgan fingerprint density at radius 2 is 2.40 bits per heavy atom. The third-order valence-electron chi connectivity index (χ3n) is 1.60. The first-order chi connectivity index (χ1) is 7.24.